The monoisotopic (exact) mass is 429 g/mol. The summed E-state index contributed by atoms with van der Waals surface area (Å²) >= 11 is 5.25. The number of hydrogen-bond acceptors (Lipinski definition) is 5. The van der Waals surface area contributed by atoms with Crippen molar-refractivity contribution in [2.24, 2.45) is 4.99 Å². The van der Waals surface area contributed by atoms with E-state index in [9.17, 15) is 9.18 Å². The molecule has 3 rings (SSSR count). The third-order valence-electron chi connectivity index (χ3n) is 4.78. The summed E-state index contributed by atoms with van der Waals surface area (Å²) in [4.78, 5) is 17.2. The lowest BCUT2D eigenvalue weighted by Crippen LogP contribution is -2.49. The van der Waals surface area contributed by atoms with Gasteiger partial charge in [-0.25, -0.2) is 4.39 Å². The Morgan fingerprint density at radius 3 is 2.90 bits per heavy atom. The van der Waals surface area contributed by atoms with E-state index >= 15 is 0 Å². The van der Waals surface area contributed by atoms with Crippen LogP contribution in [0.3, 0.4) is 0 Å². The van der Waals surface area contributed by atoms with E-state index in [1.807, 2.05) is 0 Å². The van der Waals surface area contributed by atoms with Crippen LogP contribution in [0, 0.1) is 5.82 Å². The van der Waals surface area contributed by atoms with Gasteiger partial charge < -0.3 is 19.8 Å². The smallest absolute Gasteiger partial charge is 0.242 e. The number of nitrogens with one attached hydrogen (secondary N) is 2. The number of hydrogen-bond donors (Lipinski definition) is 2. The molecule has 158 valence electrons. The lowest BCUT2D eigenvalue weighted by molar-refractivity contribution is -0.123. The topological polar surface area (TPSA) is 75.9 Å². The number of rotatable bonds is 8. The van der Waals surface area contributed by atoms with Crippen LogP contribution in [0.4, 0.5) is 10.1 Å². The van der Waals surface area contributed by atoms with Crippen LogP contribution >= 0.6 is 12.2 Å². The van der Waals surface area contributed by atoms with Crippen molar-refractivity contribution in [1.29, 1.82) is 0 Å². The van der Waals surface area contributed by atoms with Crippen molar-refractivity contribution < 1.29 is 18.3 Å². The van der Waals surface area contributed by atoms with Crippen LogP contribution in [0.5, 0.6) is 5.75 Å². The molecule has 0 saturated carbocycles. The summed E-state index contributed by atoms with van der Waals surface area (Å²) in [5, 5.41) is 5.56. The summed E-state index contributed by atoms with van der Waals surface area (Å²) in [6.07, 6.45) is 11.1. The van der Waals surface area contributed by atoms with Crippen LogP contribution in [-0.4, -0.2) is 30.4 Å². The molecule has 2 heterocycles. The Morgan fingerprint density at radius 1 is 1.37 bits per heavy atom. The maximum absolute atomic E-state index is 14.3. The molecule has 1 aromatic carbocycles. The first-order chi connectivity index (χ1) is 14.5. The number of benzene rings is 1. The van der Waals surface area contributed by atoms with Crippen LogP contribution in [0.25, 0.3) is 0 Å². The highest BCUT2D eigenvalue weighted by Crippen LogP contribution is 2.29. The minimum Gasteiger partial charge on any atom is -0.491 e. The summed E-state index contributed by atoms with van der Waals surface area (Å²) in [5.41, 5.74) is 0.0642. The van der Waals surface area contributed by atoms with Gasteiger partial charge in [0.15, 0.2) is 16.7 Å². The highest BCUT2D eigenvalue weighted by atomic mass is 32.1. The number of unbranched alkanes of at least 4 members (excludes halogenated alkanes) is 2. The first kappa shape index (κ1) is 21.7. The van der Waals surface area contributed by atoms with E-state index < -0.39 is 11.2 Å². The molecule has 2 aromatic rings. The molecule has 0 spiro atoms. The summed E-state index contributed by atoms with van der Waals surface area (Å²) in [6, 6.07) is 6.19. The molecule has 1 aliphatic rings. The van der Waals surface area contributed by atoms with Crippen molar-refractivity contribution in [2.45, 2.75) is 31.6 Å². The van der Waals surface area contributed by atoms with Crippen molar-refractivity contribution in [1.82, 2.24) is 5.32 Å². The van der Waals surface area contributed by atoms with Crippen molar-refractivity contribution in [3.63, 3.8) is 0 Å². The Bertz CT molecular complexity index is 943. The minimum absolute atomic E-state index is 0.0573. The highest BCUT2D eigenvalue weighted by molar-refractivity contribution is 7.80. The van der Waals surface area contributed by atoms with Crippen molar-refractivity contribution in [3.8, 4) is 5.75 Å². The first-order valence-corrected chi connectivity index (χ1v) is 10.2. The van der Waals surface area contributed by atoms with Gasteiger partial charge >= 0.3 is 0 Å². The average molecular weight is 430 g/mol. The zero-order valence-electron chi connectivity index (χ0n) is 16.7. The summed E-state index contributed by atoms with van der Waals surface area (Å²) in [5.74, 6) is -0.661. The Balaban J connectivity index is 1.62. The molecule has 8 heteroatoms. The number of allylic oxidation sites excluding steroid dienone is 1. The number of dihydropyridines is 1. The van der Waals surface area contributed by atoms with Gasteiger partial charge in [-0.2, -0.15) is 0 Å². The number of furan rings is 1. The maximum Gasteiger partial charge on any atom is 0.242 e. The van der Waals surface area contributed by atoms with Gasteiger partial charge in [0.25, 0.3) is 0 Å². The molecule has 6 nitrogen and oxygen atoms in total. The van der Waals surface area contributed by atoms with Gasteiger partial charge in [-0.1, -0.05) is 25.8 Å². The van der Waals surface area contributed by atoms with Crippen LogP contribution in [-0.2, 0) is 10.2 Å². The molecule has 1 amide bonds. The molecule has 1 aromatic heterocycles. The molecule has 30 heavy (non-hydrogen) atoms. The van der Waals surface area contributed by atoms with E-state index in [0.717, 1.165) is 19.3 Å². The number of carbonyl (C=O) groups excluding carboxylic acids is 1. The Kier molecular flexibility index (Phi) is 7.35. The lowest BCUT2D eigenvalue weighted by atomic mass is 9.79. The number of carbonyl (C=O) groups is 1. The Hall–Kier alpha value is -3.00. The SMILES string of the molecule is CCCCCOc1ccc(NC(=S)NC(=O)C2(c3ccoc3)C=CC=NC2)cc1F. The van der Waals surface area contributed by atoms with Gasteiger partial charge in [0, 0.05) is 23.5 Å². The Morgan fingerprint density at radius 2 is 2.23 bits per heavy atom. The van der Waals surface area contributed by atoms with Gasteiger partial charge in [-0.15, -0.1) is 0 Å². The van der Waals surface area contributed by atoms with Crippen molar-refractivity contribution in [2.75, 3.05) is 18.5 Å². The number of anilines is 1. The molecule has 0 bridgehead atoms. The average Bonchev–Trinajstić information content (AvgIpc) is 3.28. The standard InChI is InChI=1S/C22H24FN3O3S/c1-2-3-4-11-29-19-7-6-17(13-18(19)23)25-21(30)26-20(27)22(9-5-10-24-15-22)16-8-12-28-14-16/h5-10,12-14H,2-4,11,15H2,1H3,(H2,25,26,27,30). The molecular weight excluding hydrogens is 405 g/mol. The number of amides is 1. The number of ether oxygens (including phenoxy) is 1. The molecule has 0 aliphatic carbocycles. The van der Waals surface area contributed by atoms with E-state index in [0.29, 0.717) is 17.9 Å². The number of thiocarbonyl (C=S) groups is 1. The van der Waals surface area contributed by atoms with E-state index in [4.69, 9.17) is 21.4 Å². The number of aliphatic imine (C=N–C) groups is 1. The van der Waals surface area contributed by atoms with Gasteiger partial charge in [-0.3, -0.25) is 9.79 Å². The second-order valence-electron chi connectivity index (χ2n) is 6.94. The minimum atomic E-state index is -1.02. The molecule has 2 N–H and O–H groups in total. The summed E-state index contributed by atoms with van der Waals surface area (Å²) < 4.78 is 24.9. The molecular formula is C22H24FN3O3S. The van der Waals surface area contributed by atoms with Crippen LogP contribution < -0.4 is 15.4 Å². The fourth-order valence-corrected chi connectivity index (χ4v) is 3.32. The number of nitrogens with zero attached hydrogens (tertiary/aromatic N) is 1. The fraction of sp³-hybridized carbons (Fsp3) is 0.318. The fourth-order valence-electron chi connectivity index (χ4n) is 3.11. The normalized spacial score (nSPS) is 17.5. The third-order valence-corrected chi connectivity index (χ3v) is 4.98. The molecule has 1 aliphatic heterocycles. The first-order valence-electron chi connectivity index (χ1n) is 9.80. The summed E-state index contributed by atoms with van der Waals surface area (Å²) in [6.45, 7) is 2.80. The second-order valence-corrected chi connectivity index (χ2v) is 7.35. The highest BCUT2D eigenvalue weighted by Gasteiger charge is 2.40. The number of halogens is 1. The van der Waals surface area contributed by atoms with E-state index in [1.165, 1.54) is 18.6 Å². The van der Waals surface area contributed by atoms with E-state index in [-0.39, 0.29) is 23.3 Å². The summed E-state index contributed by atoms with van der Waals surface area (Å²) in [7, 11) is 0. The molecule has 0 fully saturated rings. The van der Waals surface area contributed by atoms with Crippen LogP contribution in [0.2, 0.25) is 0 Å². The van der Waals surface area contributed by atoms with Crippen molar-refractivity contribution in [3.05, 3.63) is 60.3 Å². The van der Waals surface area contributed by atoms with Crippen molar-refractivity contribution >= 4 is 35.1 Å². The van der Waals surface area contributed by atoms with E-state index in [1.54, 1.807) is 36.6 Å². The van der Waals surface area contributed by atoms with Gasteiger partial charge in [0.05, 0.1) is 25.7 Å². The van der Waals surface area contributed by atoms with Crippen LogP contribution in [0.1, 0.15) is 31.7 Å². The van der Waals surface area contributed by atoms with Gasteiger partial charge in [-0.05, 0) is 42.9 Å². The predicted octanol–water partition coefficient (Wildman–Crippen LogP) is 4.38. The predicted molar refractivity (Wildman–Crippen MR) is 119 cm³/mol. The quantitative estimate of drug-likeness (QED) is 0.481. The maximum atomic E-state index is 14.3. The molecule has 0 radical (unpaired) electrons. The Labute approximate surface area is 180 Å². The van der Waals surface area contributed by atoms with Gasteiger partial charge in [0.2, 0.25) is 5.91 Å². The zero-order valence-corrected chi connectivity index (χ0v) is 17.5. The zero-order chi connectivity index (χ0) is 21.4. The molecule has 1 atom stereocenters. The lowest BCUT2D eigenvalue weighted by Gasteiger charge is -2.28. The van der Waals surface area contributed by atoms with Crippen LogP contribution in [0.15, 0.2) is 58.4 Å². The van der Waals surface area contributed by atoms with E-state index in [2.05, 4.69) is 22.5 Å². The second kappa shape index (κ2) is 10.2. The molecule has 0 saturated heterocycles. The molecule has 1 unspecified atom stereocenters. The largest absolute Gasteiger partial charge is 0.491 e. The third kappa shape index (κ3) is 5.13. The van der Waals surface area contributed by atoms with Gasteiger partial charge in [0.1, 0.15) is 5.41 Å².